The summed E-state index contributed by atoms with van der Waals surface area (Å²) < 4.78 is 17.3. The summed E-state index contributed by atoms with van der Waals surface area (Å²) >= 11 is 7.99. The molecule has 2 heterocycles. The van der Waals surface area contributed by atoms with Crippen LogP contribution in [0.15, 0.2) is 30.3 Å². The number of benzene rings is 2. The minimum Gasteiger partial charge on any atom is -0.494 e. The number of halogens is 1. The van der Waals surface area contributed by atoms with E-state index < -0.39 is 29.9 Å². The lowest BCUT2D eigenvalue weighted by Crippen LogP contribution is -2.53. The molecule has 2 aromatic carbocycles. The van der Waals surface area contributed by atoms with Crippen molar-refractivity contribution in [2.45, 2.75) is 49.6 Å². The lowest BCUT2D eigenvalue weighted by atomic mass is 9.88. The molecule has 6 nitrogen and oxygen atoms in total. The number of hydrogen-bond donors (Lipinski definition) is 3. The van der Waals surface area contributed by atoms with E-state index in [9.17, 15) is 15.3 Å². The lowest BCUT2D eigenvalue weighted by Gasteiger charge is -2.40. The molecule has 0 bridgehead atoms. The number of thioether (sulfide) groups is 1. The molecule has 0 amide bonds. The molecule has 0 aromatic heterocycles. The predicted octanol–water partition coefficient (Wildman–Crippen LogP) is 3.11. The van der Waals surface area contributed by atoms with Crippen LogP contribution in [-0.4, -0.2) is 58.5 Å². The second-order valence-corrected chi connectivity index (χ2v) is 9.05. The number of aliphatic hydroxyl groups excluding tert-OH is 3. The van der Waals surface area contributed by atoms with Gasteiger partial charge in [-0.3, -0.25) is 0 Å². The van der Waals surface area contributed by atoms with Crippen LogP contribution in [0.1, 0.15) is 35.3 Å². The monoisotopic (exact) mass is 466 g/mol. The standard InChI is InChI=1S/C23H27ClO6S/c1-3-28-14-6-4-12(5-7-14)10-13-11-16(15-8-9-29-21(15)17(13)24)22-19(26)18(25)20(27)23(30-22)31-2/h4-7,11,18-20,22-23,25-27H,3,8-10H2,1-2H3/t18?,19-,20+,22+,23-/m1/s1. The van der Waals surface area contributed by atoms with Crippen molar-refractivity contribution >= 4 is 23.4 Å². The van der Waals surface area contributed by atoms with Crippen LogP contribution >= 0.6 is 23.4 Å². The van der Waals surface area contributed by atoms with E-state index in [2.05, 4.69) is 0 Å². The van der Waals surface area contributed by atoms with Gasteiger partial charge in [0.05, 0.1) is 18.2 Å². The highest BCUT2D eigenvalue weighted by Gasteiger charge is 2.45. The first-order valence-electron chi connectivity index (χ1n) is 10.4. The van der Waals surface area contributed by atoms with Crippen LogP contribution in [-0.2, 0) is 17.6 Å². The van der Waals surface area contributed by atoms with E-state index in [1.54, 1.807) is 6.26 Å². The molecule has 0 saturated carbocycles. The average molecular weight is 467 g/mol. The summed E-state index contributed by atoms with van der Waals surface area (Å²) in [5, 5.41) is 31.9. The highest BCUT2D eigenvalue weighted by molar-refractivity contribution is 7.99. The van der Waals surface area contributed by atoms with Crippen molar-refractivity contribution in [1.29, 1.82) is 0 Å². The largest absolute Gasteiger partial charge is 0.494 e. The Morgan fingerprint density at radius 3 is 2.55 bits per heavy atom. The third-order valence-electron chi connectivity index (χ3n) is 5.77. The number of ether oxygens (including phenoxy) is 3. The zero-order valence-electron chi connectivity index (χ0n) is 17.5. The van der Waals surface area contributed by atoms with Gasteiger partial charge in [-0.15, -0.1) is 11.8 Å². The van der Waals surface area contributed by atoms with Gasteiger partial charge in [0.25, 0.3) is 0 Å². The fraction of sp³-hybridized carbons (Fsp3) is 0.478. The summed E-state index contributed by atoms with van der Waals surface area (Å²) in [6, 6.07) is 9.76. The number of rotatable bonds is 6. The first kappa shape index (κ1) is 22.7. The van der Waals surface area contributed by atoms with Gasteiger partial charge in [0.1, 0.15) is 41.4 Å². The third-order valence-corrected chi connectivity index (χ3v) is 7.04. The minimum absolute atomic E-state index is 0.495. The molecule has 4 rings (SSSR count). The van der Waals surface area contributed by atoms with Gasteiger partial charge in [-0.1, -0.05) is 29.8 Å². The summed E-state index contributed by atoms with van der Waals surface area (Å²) in [5.41, 5.74) is 2.88. The van der Waals surface area contributed by atoms with Crippen molar-refractivity contribution < 1.29 is 29.5 Å². The maximum atomic E-state index is 10.7. The third kappa shape index (κ3) is 4.40. The molecule has 31 heavy (non-hydrogen) atoms. The first-order chi connectivity index (χ1) is 14.9. The van der Waals surface area contributed by atoms with E-state index in [4.69, 9.17) is 25.8 Å². The van der Waals surface area contributed by atoms with E-state index in [1.807, 2.05) is 37.3 Å². The van der Waals surface area contributed by atoms with Crippen LogP contribution in [0.25, 0.3) is 0 Å². The number of hydrogen-bond acceptors (Lipinski definition) is 7. The summed E-state index contributed by atoms with van der Waals surface area (Å²) in [4.78, 5) is 0. The van der Waals surface area contributed by atoms with Crippen LogP contribution in [0.4, 0.5) is 0 Å². The maximum Gasteiger partial charge on any atom is 0.141 e. The number of aliphatic hydroxyl groups is 3. The molecule has 2 aliphatic rings. The van der Waals surface area contributed by atoms with E-state index in [1.165, 1.54) is 11.8 Å². The quantitative estimate of drug-likeness (QED) is 0.602. The van der Waals surface area contributed by atoms with Crippen LogP contribution in [0.2, 0.25) is 5.02 Å². The van der Waals surface area contributed by atoms with E-state index in [0.29, 0.717) is 36.8 Å². The van der Waals surface area contributed by atoms with Crippen molar-refractivity contribution in [3.05, 3.63) is 57.6 Å². The Balaban J connectivity index is 1.70. The molecule has 1 fully saturated rings. The lowest BCUT2D eigenvalue weighted by molar-refractivity contribution is -0.200. The van der Waals surface area contributed by atoms with Crippen molar-refractivity contribution in [3.8, 4) is 11.5 Å². The van der Waals surface area contributed by atoms with Gasteiger partial charge in [0.15, 0.2) is 0 Å². The molecule has 1 saturated heterocycles. The van der Waals surface area contributed by atoms with Gasteiger partial charge in [0.2, 0.25) is 0 Å². The van der Waals surface area contributed by atoms with Crippen molar-refractivity contribution in [2.24, 2.45) is 0 Å². The molecule has 5 atom stereocenters. The smallest absolute Gasteiger partial charge is 0.141 e. The first-order valence-corrected chi connectivity index (χ1v) is 12.0. The van der Waals surface area contributed by atoms with Crippen LogP contribution in [0.5, 0.6) is 11.5 Å². The van der Waals surface area contributed by atoms with E-state index in [-0.39, 0.29) is 0 Å². The summed E-state index contributed by atoms with van der Waals surface area (Å²) in [5.74, 6) is 1.42. The topological polar surface area (TPSA) is 88.4 Å². The van der Waals surface area contributed by atoms with Gasteiger partial charge in [-0.2, -0.15) is 0 Å². The zero-order chi connectivity index (χ0) is 22.1. The molecule has 3 N–H and O–H groups in total. The van der Waals surface area contributed by atoms with E-state index >= 15 is 0 Å². The van der Waals surface area contributed by atoms with Gasteiger partial charge in [0, 0.05) is 12.0 Å². The molecule has 168 valence electrons. The Bertz CT molecular complexity index is 919. The number of fused-ring (bicyclic) bond motifs is 1. The Kier molecular flexibility index (Phi) is 7.01. The van der Waals surface area contributed by atoms with Crippen LogP contribution < -0.4 is 9.47 Å². The fourth-order valence-corrected chi connectivity index (χ4v) is 5.14. The second-order valence-electron chi connectivity index (χ2n) is 7.73. The molecular weight excluding hydrogens is 440 g/mol. The highest BCUT2D eigenvalue weighted by Crippen LogP contribution is 2.45. The Hall–Kier alpha value is -1.48. The molecule has 2 aliphatic heterocycles. The molecule has 0 radical (unpaired) electrons. The Morgan fingerprint density at radius 1 is 1.13 bits per heavy atom. The van der Waals surface area contributed by atoms with Crippen molar-refractivity contribution in [3.63, 3.8) is 0 Å². The molecule has 8 heteroatoms. The molecule has 0 spiro atoms. The normalized spacial score (nSPS) is 27.6. The van der Waals surface area contributed by atoms with Gasteiger partial charge >= 0.3 is 0 Å². The van der Waals surface area contributed by atoms with E-state index in [0.717, 1.165) is 28.0 Å². The Labute approximate surface area is 191 Å². The van der Waals surface area contributed by atoms with Gasteiger partial charge in [-0.25, -0.2) is 0 Å². The zero-order valence-corrected chi connectivity index (χ0v) is 19.0. The maximum absolute atomic E-state index is 10.7. The summed E-state index contributed by atoms with van der Waals surface area (Å²) in [6.07, 6.45) is -1.52. The van der Waals surface area contributed by atoms with Crippen molar-refractivity contribution in [2.75, 3.05) is 19.5 Å². The van der Waals surface area contributed by atoms with Gasteiger partial charge in [-0.05, 0) is 48.4 Å². The van der Waals surface area contributed by atoms with Crippen molar-refractivity contribution in [1.82, 2.24) is 0 Å². The predicted molar refractivity (Wildman–Crippen MR) is 120 cm³/mol. The Morgan fingerprint density at radius 2 is 1.87 bits per heavy atom. The highest BCUT2D eigenvalue weighted by atomic mass is 35.5. The fourth-order valence-electron chi connectivity index (χ4n) is 4.18. The minimum atomic E-state index is -1.31. The van der Waals surface area contributed by atoms with Crippen LogP contribution in [0, 0.1) is 0 Å². The SMILES string of the molecule is CCOc1ccc(Cc2cc([C@@H]3O[C@H](SC)[C@@H](O)C(O)[C@H]3O)c3c(c2Cl)OCC3)cc1. The summed E-state index contributed by atoms with van der Waals surface area (Å²) in [7, 11) is 0. The second kappa shape index (κ2) is 9.57. The summed E-state index contributed by atoms with van der Waals surface area (Å²) in [6.45, 7) is 3.05. The molecule has 1 unspecified atom stereocenters. The average Bonchev–Trinajstić information content (AvgIpc) is 3.27. The molecular formula is C23H27ClO6S. The van der Waals surface area contributed by atoms with Crippen LogP contribution in [0.3, 0.4) is 0 Å². The van der Waals surface area contributed by atoms with Gasteiger partial charge < -0.3 is 29.5 Å². The molecule has 2 aromatic rings. The molecule has 0 aliphatic carbocycles.